The number of carbonyl (C=O) groups excluding carboxylic acids is 1. The maximum atomic E-state index is 12.6. The number of likely N-dealkylation sites (tertiary alicyclic amines) is 1. The van der Waals surface area contributed by atoms with Crippen LogP contribution in [0.5, 0.6) is 0 Å². The van der Waals surface area contributed by atoms with Gasteiger partial charge in [0.2, 0.25) is 0 Å². The minimum Gasteiger partial charge on any atom is -0.459 e. The van der Waals surface area contributed by atoms with Crippen LogP contribution in [-0.2, 0) is 10.2 Å². The highest BCUT2D eigenvalue weighted by Gasteiger charge is 2.41. The van der Waals surface area contributed by atoms with E-state index in [-0.39, 0.29) is 11.3 Å². The summed E-state index contributed by atoms with van der Waals surface area (Å²) < 4.78 is 16.1. The van der Waals surface area contributed by atoms with E-state index in [1.54, 1.807) is 31.6 Å². The normalized spacial score (nSPS) is 16.2. The highest BCUT2D eigenvalue weighted by molar-refractivity contribution is 5.91. The minimum absolute atomic E-state index is 0.0871. The monoisotopic (exact) mass is 382 g/mol. The van der Waals surface area contributed by atoms with Crippen LogP contribution in [0.25, 0.3) is 11.5 Å². The number of ether oxygens (including phenoxy) is 1. The molecular weight excluding hydrogens is 360 g/mol. The molecule has 1 aliphatic heterocycles. The van der Waals surface area contributed by atoms with Gasteiger partial charge in [-0.3, -0.25) is 9.78 Å². The molecule has 0 aliphatic carbocycles. The topological polar surface area (TPSA) is 94.5 Å². The van der Waals surface area contributed by atoms with Crippen molar-refractivity contribution in [3.8, 4) is 11.5 Å². The van der Waals surface area contributed by atoms with E-state index in [1.807, 2.05) is 17.0 Å². The first-order valence-electron chi connectivity index (χ1n) is 9.28. The Morgan fingerprint density at radius 2 is 2.04 bits per heavy atom. The summed E-state index contributed by atoms with van der Waals surface area (Å²) in [6.07, 6.45) is 7.13. The smallest absolute Gasteiger partial charge is 0.289 e. The molecule has 1 fully saturated rings. The van der Waals surface area contributed by atoms with Crippen LogP contribution in [0.1, 0.15) is 35.6 Å². The van der Waals surface area contributed by atoms with Crippen LogP contribution in [0, 0.1) is 0 Å². The SMILES string of the molecule is COCCC1(c2noc(-c3ccncc3)n2)CCN(C(=O)c2ccco2)CC1. The molecule has 146 valence electrons. The number of nitrogens with zero attached hydrogens (tertiary/aromatic N) is 4. The quantitative estimate of drug-likeness (QED) is 0.647. The molecule has 0 bridgehead atoms. The molecule has 0 unspecified atom stereocenters. The molecule has 0 radical (unpaired) electrons. The molecule has 4 heterocycles. The molecule has 3 aromatic heterocycles. The molecule has 1 aliphatic rings. The van der Waals surface area contributed by atoms with Crippen molar-refractivity contribution in [2.45, 2.75) is 24.7 Å². The number of aromatic nitrogens is 3. The highest BCUT2D eigenvalue weighted by atomic mass is 16.5. The molecule has 0 N–H and O–H groups in total. The van der Waals surface area contributed by atoms with Gasteiger partial charge in [-0.25, -0.2) is 0 Å². The van der Waals surface area contributed by atoms with E-state index < -0.39 is 0 Å². The van der Waals surface area contributed by atoms with E-state index in [2.05, 4.69) is 15.1 Å². The molecule has 8 nitrogen and oxygen atoms in total. The van der Waals surface area contributed by atoms with Crippen molar-refractivity contribution >= 4 is 5.91 Å². The standard InChI is InChI=1S/C20H22N4O4/c1-26-14-8-20(19-22-17(28-23-19)15-4-9-21-10-5-15)6-11-24(12-7-20)18(25)16-3-2-13-27-16/h2-5,9-10,13H,6-8,11-12,14H2,1H3. The molecule has 1 amide bonds. The molecule has 0 atom stereocenters. The lowest BCUT2D eigenvalue weighted by Crippen LogP contribution is -2.46. The summed E-state index contributed by atoms with van der Waals surface area (Å²) in [6, 6.07) is 7.09. The first kappa shape index (κ1) is 18.4. The summed E-state index contributed by atoms with van der Waals surface area (Å²) in [7, 11) is 1.68. The number of amides is 1. The third-order valence-corrected chi connectivity index (χ3v) is 5.35. The number of methoxy groups -OCH3 is 1. The number of hydrogen-bond acceptors (Lipinski definition) is 7. The zero-order chi connectivity index (χ0) is 19.4. The third kappa shape index (κ3) is 3.55. The molecule has 3 aromatic rings. The summed E-state index contributed by atoms with van der Waals surface area (Å²) in [4.78, 5) is 23.1. The van der Waals surface area contributed by atoms with Gasteiger partial charge in [-0.1, -0.05) is 5.16 Å². The fourth-order valence-electron chi connectivity index (χ4n) is 3.63. The zero-order valence-electron chi connectivity index (χ0n) is 15.7. The molecule has 0 saturated carbocycles. The van der Waals surface area contributed by atoms with Crippen LogP contribution >= 0.6 is 0 Å². The molecule has 28 heavy (non-hydrogen) atoms. The van der Waals surface area contributed by atoms with Crippen molar-refractivity contribution in [3.05, 3.63) is 54.5 Å². The van der Waals surface area contributed by atoms with Gasteiger partial charge < -0.3 is 18.6 Å². The van der Waals surface area contributed by atoms with Gasteiger partial charge in [0.05, 0.1) is 6.26 Å². The van der Waals surface area contributed by atoms with Crippen LogP contribution in [-0.4, -0.2) is 52.7 Å². The molecule has 0 aromatic carbocycles. The van der Waals surface area contributed by atoms with Crippen molar-refractivity contribution < 1.29 is 18.5 Å². The van der Waals surface area contributed by atoms with E-state index in [4.69, 9.17) is 13.7 Å². The maximum Gasteiger partial charge on any atom is 0.289 e. The minimum atomic E-state index is -0.287. The van der Waals surface area contributed by atoms with Crippen molar-refractivity contribution in [3.63, 3.8) is 0 Å². The van der Waals surface area contributed by atoms with Crippen LogP contribution in [0.2, 0.25) is 0 Å². The van der Waals surface area contributed by atoms with Crippen LogP contribution in [0.3, 0.4) is 0 Å². The van der Waals surface area contributed by atoms with Gasteiger partial charge in [-0.05, 0) is 43.5 Å². The zero-order valence-corrected chi connectivity index (χ0v) is 15.7. The first-order valence-corrected chi connectivity index (χ1v) is 9.28. The third-order valence-electron chi connectivity index (χ3n) is 5.35. The Hall–Kier alpha value is -3.00. The predicted octanol–water partition coefficient (Wildman–Crippen LogP) is 2.94. The number of piperidine rings is 1. The maximum absolute atomic E-state index is 12.6. The van der Waals surface area contributed by atoms with E-state index in [9.17, 15) is 4.79 Å². The summed E-state index contributed by atoms with van der Waals surface area (Å²) in [5.74, 6) is 1.42. The van der Waals surface area contributed by atoms with Crippen molar-refractivity contribution in [1.82, 2.24) is 20.0 Å². The summed E-state index contributed by atoms with van der Waals surface area (Å²) >= 11 is 0. The fraction of sp³-hybridized carbons (Fsp3) is 0.400. The number of carbonyl (C=O) groups is 1. The van der Waals surface area contributed by atoms with Gasteiger partial charge in [-0.2, -0.15) is 4.98 Å². The Balaban J connectivity index is 1.54. The molecule has 0 spiro atoms. The second kappa shape index (κ2) is 7.93. The van der Waals surface area contributed by atoms with Gasteiger partial charge in [0.1, 0.15) is 0 Å². The molecular formula is C20H22N4O4. The number of pyridine rings is 1. The Labute approximate surface area is 162 Å². The second-order valence-corrected chi connectivity index (χ2v) is 6.95. The Morgan fingerprint density at radius 3 is 2.71 bits per heavy atom. The van der Waals surface area contributed by atoms with Crippen LogP contribution in [0.4, 0.5) is 0 Å². The lowest BCUT2D eigenvalue weighted by atomic mass is 9.75. The average molecular weight is 382 g/mol. The van der Waals surface area contributed by atoms with Gasteiger partial charge in [0, 0.05) is 50.2 Å². The first-order chi connectivity index (χ1) is 13.7. The lowest BCUT2D eigenvalue weighted by molar-refractivity contribution is 0.0586. The largest absolute Gasteiger partial charge is 0.459 e. The summed E-state index contributed by atoms with van der Waals surface area (Å²) in [6.45, 7) is 1.79. The van der Waals surface area contributed by atoms with Crippen molar-refractivity contribution in [2.24, 2.45) is 0 Å². The van der Waals surface area contributed by atoms with Crippen LogP contribution in [0.15, 0.2) is 51.9 Å². The van der Waals surface area contributed by atoms with Gasteiger partial charge in [-0.15, -0.1) is 0 Å². The lowest BCUT2D eigenvalue weighted by Gasteiger charge is -2.39. The Morgan fingerprint density at radius 1 is 1.25 bits per heavy atom. The molecule has 8 heteroatoms. The molecule has 4 rings (SSSR count). The second-order valence-electron chi connectivity index (χ2n) is 6.95. The summed E-state index contributed by atoms with van der Waals surface area (Å²) in [5, 5.41) is 4.28. The highest BCUT2D eigenvalue weighted by Crippen LogP contribution is 2.38. The van der Waals surface area contributed by atoms with Crippen LogP contribution < -0.4 is 0 Å². The number of rotatable bonds is 6. The van der Waals surface area contributed by atoms with E-state index in [1.165, 1.54) is 6.26 Å². The Bertz CT molecular complexity index is 899. The van der Waals surface area contributed by atoms with Crippen molar-refractivity contribution in [2.75, 3.05) is 26.8 Å². The van der Waals surface area contributed by atoms with E-state index in [0.717, 1.165) is 24.8 Å². The average Bonchev–Trinajstić information content (AvgIpc) is 3.45. The van der Waals surface area contributed by atoms with Gasteiger partial charge in [0.25, 0.3) is 11.8 Å². The van der Waals surface area contributed by atoms with Crippen molar-refractivity contribution in [1.29, 1.82) is 0 Å². The predicted molar refractivity (Wildman–Crippen MR) is 99.5 cm³/mol. The Kier molecular flexibility index (Phi) is 5.21. The number of hydrogen-bond donors (Lipinski definition) is 0. The number of furan rings is 1. The van der Waals surface area contributed by atoms with Gasteiger partial charge in [0.15, 0.2) is 11.6 Å². The fourth-order valence-corrected chi connectivity index (χ4v) is 3.63. The summed E-state index contributed by atoms with van der Waals surface area (Å²) in [5.41, 5.74) is 0.547. The van der Waals surface area contributed by atoms with E-state index >= 15 is 0 Å². The molecule has 1 saturated heterocycles. The van der Waals surface area contributed by atoms with E-state index in [0.29, 0.717) is 37.2 Å². The van der Waals surface area contributed by atoms with Gasteiger partial charge >= 0.3 is 0 Å².